The van der Waals surface area contributed by atoms with E-state index in [-0.39, 0.29) is 13.2 Å². The van der Waals surface area contributed by atoms with Gasteiger partial charge in [-0.3, -0.25) is 9.59 Å². The summed E-state index contributed by atoms with van der Waals surface area (Å²) in [5.74, 6) is -0.814. The average Bonchev–Trinajstić information content (AvgIpc) is 3.11. The lowest BCUT2D eigenvalue weighted by Gasteiger charge is -2.25. The number of carbonyl (C=O) groups is 2. The molecular weight excluding hydrogens is 400 g/mol. The molecule has 0 radical (unpaired) electrons. The predicted molar refractivity (Wildman–Crippen MR) is 112 cm³/mol. The van der Waals surface area contributed by atoms with Gasteiger partial charge in [0.25, 0.3) is 0 Å². The highest BCUT2D eigenvalue weighted by Gasteiger charge is 2.47. The molecule has 0 spiro atoms. The molecule has 0 N–H and O–H groups in total. The summed E-state index contributed by atoms with van der Waals surface area (Å²) in [6.07, 6.45) is -2.12. The van der Waals surface area contributed by atoms with Crippen molar-refractivity contribution in [2.24, 2.45) is 0 Å². The van der Waals surface area contributed by atoms with Crippen molar-refractivity contribution in [2.45, 2.75) is 51.5 Å². The Balaban J connectivity index is 1.75. The van der Waals surface area contributed by atoms with Crippen LogP contribution in [0.1, 0.15) is 25.0 Å². The lowest BCUT2D eigenvalue weighted by Crippen LogP contribution is -2.40. The molecule has 1 fully saturated rings. The maximum absolute atomic E-state index is 11.4. The van der Waals surface area contributed by atoms with E-state index in [4.69, 9.17) is 23.7 Å². The van der Waals surface area contributed by atoms with E-state index < -0.39 is 36.4 Å². The number of benzene rings is 2. The van der Waals surface area contributed by atoms with Crippen LogP contribution < -0.4 is 0 Å². The van der Waals surface area contributed by atoms with Gasteiger partial charge >= 0.3 is 11.9 Å². The van der Waals surface area contributed by atoms with Gasteiger partial charge < -0.3 is 23.7 Å². The normalized spacial score (nSPS) is 22.8. The molecule has 3 rings (SSSR count). The Labute approximate surface area is 182 Å². The van der Waals surface area contributed by atoms with E-state index in [1.54, 1.807) is 0 Å². The first kappa shape index (κ1) is 22.9. The molecule has 7 nitrogen and oxygen atoms in total. The SMILES string of the molecule is CC(=O)OC[C@H]1O[C@H](COC(C)=O)[C@@H](OCc2ccccc2)[C@@H]1OCc1ccccc1. The number of hydrogen-bond acceptors (Lipinski definition) is 7. The molecule has 1 aliphatic rings. The van der Waals surface area contributed by atoms with Crippen LogP contribution in [0, 0.1) is 0 Å². The fourth-order valence-electron chi connectivity index (χ4n) is 3.41. The highest BCUT2D eigenvalue weighted by molar-refractivity contribution is 5.66. The standard InChI is InChI=1S/C24H28O7/c1-17(25)27-15-21-23(29-13-19-9-5-3-6-10-19)24(22(31-21)16-28-18(2)26)30-14-20-11-7-4-8-12-20/h3-12,21-24H,13-16H2,1-2H3/t21-,22-,23-,24-/m1/s1. The van der Waals surface area contributed by atoms with E-state index in [0.717, 1.165) is 11.1 Å². The Hall–Kier alpha value is -2.74. The Morgan fingerprint density at radius 1 is 0.710 bits per heavy atom. The van der Waals surface area contributed by atoms with Gasteiger partial charge in [-0.15, -0.1) is 0 Å². The second kappa shape index (κ2) is 11.6. The molecule has 2 aromatic carbocycles. The largest absolute Gasteiger partial charge is 0.463 e. The van der Waals surface area contributed by atoms with Gasteiger partial charge in [-0.1, -0.05) is 60.7 Å². The van der Waals surface area contributed by atoms with Gasteiger partial charge in [0.2, 0.25) is 0 Å². The van der Waals surface area contributed by atoms with E-state index in [2.05, 4.69) is 0 Å². The second-order valence-corrected chi connectivity index (χ2v) is 7.34. The first-order chi connectivity index (χ1) is 15.0. The Morgan fingerprint density at radius 3 is 1.45 bits per heavy atom. The van der Waals surface area contributed by atoms with Gasteiger partial charge in [-0.05, 0) is 11.1 Å². The summed E-state index contributed by atoms with van der Waals surface area (Å²) < 4.78 is 28.8. The van der Waals surface area contributed by atoms with Gasteiger partial charge in [0.05, 0.1) is 13.2 Å². The van der Waals surface area contributed by atoms with E-state index >= 15 is 0 Å². The van der Waals surface area contributed by atoms with Gasteiger partial charge in [-0.2, -0.15) is 0 Å². The fourth-order valence-corrected chi connectivity index (χ4v) is 3.41. The van der Waals surface area contributed by atoms with Gasteiger partial charge in [0.15, 0.2) is 0 Å². The molecule has 0 unspecified atom stereocenters. The topological polar surface area (TPSA) is 80.3 Å². The average molecular weight is 428 g/mol. The van der Waals surface area contributed by atoms with Gasteiger partial charge in [0.1, 0.15) is 37.6 Å². The number of esters is 2. The van der Waals surface area contributed by atoms with Crippen molar-refractivity contribution in [3.8, 4) is 0 Å². The molecule has 0 aliphatic carbocycles. The first-order valence-corrected chi connectivity index (χ1v) is 10.3. The molecular formula is C24H28O7. The van der Waals surface area contributed by atoms with Crippen LogP contribution in [0.5, 0.6) is 0 Å². The van der Waals surface area contributed by atoms with Crippen LogP contribution in [0.2, 0.25) is 0 Å². The van der Waals surface area contributed by atoms with Crippen LogP contribution in [0.15, 0.2) is 60.7 Å². The summed E-state index contributed by atoms with van der Waals surface area (Å²) in [7, 11) is 0. The Morgan fingerprint density at radius 2 is 1.10 bits per heavy atom. The van der Waals surface area contributed by atoms with Crippen LogP contribution >= 0.6 is 0 Å². The molecule has 31 heavy (non-hydrogen) atoms. The third-order valence-electron chi connectivity index (χ3n) is 4.88. The Kier molecular flexibility index (Phi) is 8.58. The van der Waals surface area contributed by atoms with Crippen molar-refractivity contribution in [1.29, 1.82) is 0 Å². The van der Waals surface area contributed by atoms with Crippen molar-refractivity contribution in [3.63, 3.8) is 0 Å². The number of ether oxygens (including phenoxy) is 5. The third kappa shape index (κ3) is 7.17. The van der Waals surface area contributed by atoms with E-state index in [1.165, 1.54) is 13.8 Å². The maximum atomic E-state index is 11.4. The van der Waals surface area contributed by atoms with Crippen molar-refractivity contribution in [1.82, 2.24) is 0 Å². The zero-order valence-electron chi connectivity index (χ0n) is 17.8. The summed E-state index contributed by atoms with van der Waals surface area (Å²) in [4.78, 5) is 22.7. The lowest BCUT2D eigenvalue weighted by atomic mass is 10.1. The minimum Gasteiger partial charge on any atom is -0.463 e. The second-order valence-electron chi connectivity index (χ2n) is 7.34. The monoisotopic (exact) mass is 428 g/mol. The minimum absolute atomic E-state index is 0.0244. The predicted octanol–water partition coefficient (Wildman–Crippen LogP) is 3.05. The summed E-state index contributed by atoms with van der Waals surface area (Å²) in [5.41, 5.74) is 2.00. The summed E-state index contributed by atoms with van der Waals surface area (Å²) in [6, 6.07) is 19.5. The van der Waals surface area contributed by atoms with Crippen molar-refractivity contribution in [2.75, 3.05) is 13.2 Å². The zero-order chi connectivity index (χ0) is 22.1. The molecule has 2 aromatic rings. The van der Waals surface area contributed by atoms with Crippen molar-refractivity contribution in [3.05, 3.63) is 71.8 Å². The Bertz CT molecular complexity index is 755. The van der Waals surface area contributed by atoms with E-state index in [0.29, 0.717) is 13.2 Å². The molecule has 166 valence electrons. The molecule has 0 saturated carbocycles. The zero-order valence-corrected chi connectivity index (χ0v) is 17.8. The van der Waals surface area contributed by atoms with Crippen LogP contribution in [0.25, 0.3) is 0 Å². The molecule has 1 aliphatic heterocycles. The van der Waals surface area contributed by atoms with E-state index in [9.17, 15) is 9.59 Å². The summed E-state index contributed by atoms with van der Waals surface area (Å²) >= 11 is 0. The van der Waals surface area contributed by atoms with Crippen molar-refractivity contribution >= 4 is 11.9 Å². The van der Waals surface area contributed by atoms with Gasteiger partial charge in [0, 0.05) is 13.8 Å². The molecule has 0 aromatic heterocycles. The smallest absolute Gasteiger partial charge is 0.302 e. The molecule has 1 heterocycles. The molecule has 7 heteroatoms. The highest BCUT2D eigenvalue weighted by Crippen LogP contribution is 2.29. The lowest BCUT2D eigenvalue weighted by molar-refractivity contribution is -0.150. The summed E-state index contributed by atoms with van der Waals surface area (Å²) in [6.45, 7) is 3.42. The summed E-state index contributed by atoms with van der Waals surface area (Å²) in [5, 5.41) is 0. The van der Waals surface area contributed by atoms with E-state index in [1.807, 2.05) is 60.7 Å². The molecule has 0 bridgehead atoms. The molecule has 4 atom stereocenters. The fraction of sp³-hybridized carbons (Fsp3) is 0.417. The number of carbonyl (C=O) groups excluding carboxylic acids is 2. The quantitative estimate of drug-likeness (QED) is 0.538. The van der Waals surface area contributed by atoms with Crippen molar-refractivity contribution < 1.29 is 33.3 Å². The minimum atomic E-state index is -0.547. The number of hydrogen-bond donors (Lipinski definition) is 0. The third-order valence-corrected chi connectivity index (χ3v) is 4.88. The van der Waals surface area contributed by atoms with Crippen LogP contribution in [-0.2, 0) is 46.5 Å². The van der Waals surface area contributed by atoms with Crippen LogP contribution in [0.4, 0.5) is 0 Å². The number of rotatable bonds is 10. The van der Waals surface area contributed by atoms with Crippen LogP contribution in [0.3, 0.4) is 0 Å². The molecule has 0 amide bonds. The highest BCUT2D eigenvalue weighted by atomic mass is 16.6. The van der Waals surface area contributed by atoms with Gasteiger partial charge in [-0.25, -0.2) is 0 Å². The maximum Gasteiger partial charge on any atom is 0.302 e. The first-order valence-electron chi connectivity index (χ1n) is 10.3. The molecule has 1 saturated heterocycles. The van der Waals surface area contributed by atoms with Crippen LogP contribution in [-0.4, -0.2) is 49.6 Å².